The van der Waals surface area contributed by atoms with Crippen LogP contribution in [0.15, 0.2) is 35.8 Å². The predicted molar refractivity (Wildman–Crippen MR) is 110 cm³/mol. The summed E-state index contributed by atoms with van der Waals surface area (Å²) in [6, 6.07) is 7.52. The Morgan fingerprint density at radius 1 is 1.31 bits per heavy atom. The lowest BCUT2D eigenvalue weighted by molar-refractivity contribution is 0.100. The second-order valence-electron chi connectivity index (χ2n) is 6.73. The zero-order valence-corrected chi connectivity index (χ0v) is 16.5. The number of aryl methyl sites for hydroxylation is 1. The highest BCUT2D eigenvalue weighted by Crippen LogP contribution is 2.34. The van der Waals surface area contributed by atoms with E-state index in [1.165, 1.54) is 4.88 Å². The SMILES string of the molecule is Cc1nc2c(C(N)=O)cccn2c1-c1nc2c(c(NCc3cccs3)n1)OCC2. The summed E-state index contributed by atoms with van der Waals surface area (Å²) in [5.41, 5.74) is 8.70. The van der Waals surface area contributed by atoms with Crippen LogP contribution in [-0.2, 0) is 13.0 Å². The number of anilines is 1. The van der Waals surface area contributed by atoms with E-state index < -0.39 is 5.91 Å². The van der Waals surface area contributed by atoms with Gasteiger partial charge in [0, 0.05) is 17.5 Å². The molecule has 1 aliphatic rings. The minimum atomic E-state index is -0.520. The quantitative estimate of drug-likeness (QED) is 0.528. The molecule has 1 aliphatic heterocycles. The van der Waals surface area contributed by atoms with Crippen LogP contribution in [-0.4, -0.2) is 31.9 Å². The number of aromatic nitrogens is 4. The Balaban J connectivity index is 1.63. The Labute approximate surface area is 170 Å². The van der Waals surface area contributed by atoms with Crippen LogP contribution in [0.3, 0.4) is 0 Å². The van der Waals surface area contributed by atoms with Gasteiger partial charge in [-0.2, -0.15) is 0 Å². The van der Waals surface area contributed by atoms with Crippen molar-refractivity contribution in [3.63, 3.8) is 0 Å². The Bertz CT molecular complexity index is 1230. The Morgan fingerprint density at radius 3 is 3.00 bits per heavy atom. The highest BCUT2D eigenvalue weighted by molar-refractivity contribution is 7.09. The lowest BCUT2D eigenvalue weighted by atomic mass is 10.2. The largest absolute Gasteiger partial charge is 0.487 e. The first kappa shape index (κ1) is 17.6. The van der Waals surface area contributed by atoms with Crippen molar-refractivity contribution < 1.29 is 9.53 Å². The van der Waals surface area contributed by atoms with Gasteiger partial charge in [0.2, 0.25) is 0 Å². The van der Waals surface area contributed by atoms with Crippen LogP contribution in [0, 0.1) is 6.92 Å². The Hall–Kier alpha value is -3.46. The predicted octanol–water partition coefficient (Wildman–Crippen LogP) is 2.81. The lowest BCUT2D eigenvalue weighted by Gasteiger charge is -2.11. The average Bonchev–Trinajstić information content (AvgIpc) is 3.44. The number of rotatable bonds is 5. The van der Waals surface area contributed by atoms with Crippen molar-refractivity contribution >= 4 is 28.7 Å². The topological polar surface area (TPSA) is 107 Å². The fourth-order valence-corrected chi connectivity index (χ4v) is 4.16. The van der Waals surface area contributed by atoms with Gasteiger partial charge < -0.3 is 15.8 Å². The van der Waals surface area contributed by atoms with Gasteiger partial charge in [0.1, 0.15) is 11.3 Å². The van der Waals surface area contributed by atoms with Gasteiger partial charge in [-0.05, 0) is 30.5 Å². The molecule has 0 radical (unpaired) electrons. The minimum Gasteiger partial charge on any atom is -0.487 e. The van der Waals surface area contributed by atoms with E-state index in [-0.39, 0.29) is 0 Å². The number of hydrogen-bond acceptors (Lipinski definition) is 7. The van der Waals surface area contributed by atoms with Crippen molar-refractivity contribution in [2.75, 3.05) is 11.9 Å². The van der Waals surface area contributed by atoms with Crippen molar-refractivity contribution in [1.29, 1.82) is 0 Å². The number of primary amides is 1. The number of imidazole rings is 1. The number of ether oxygens (including phenoxy) is 1. The fourth-order valence-electron chi connectivity index (χ4n) is 3.52. The monoisotopic (exact) mass is 406 g/mol. The van der Waals surface area contributed by atoms with Crippen molar-refractivity contribution in [3.05, 3.63) is 57.7 Å². The van der Waals surface area contributed by atoms with E-state index in [0.29, 0.717) is 41.8 Å². The molecule has 1 amide bonds. The summed E-state index contributed by atoms with van der Waals surface area (Å²) in [7, 11) is 0. The Kier molecular flexibility index (Phi) is 4.17. The maximum absolute atomic E-state index is 11.8. The van der Waals surface area contributed by atoms with Crippen LogP contribution < -0.4 is 15.8 Å². The number of carbonyl (C=O) groups excluding carboxylic acids is 1. The van der Waals surface area contributed by atoms with Gasteiger partial charge >= 0.3 is 0 Å². The summed E-state index contributed by atoms with van der Waals surface area (Å²) in [4.78, 5) is 27.0. The smallest absolute Gasteiger partial charge is 0.252 e. The number of nitrogens with two attached hydrogens (primary N) is 1. The van der Waals surface area contributed by atoms with E-state index in [2.05, 4.69) is 16.4 Å². The molecule has 4 aromatic heterocycles. The third-order valence-electron chi connectivity index (χ3n) is 4.83. The van der Waals surface area contributed by atoms with Crippen molar-refractivity contribution in [2.45, 2.75) is 19.9 Å². The van der Waals surface area contributed by atoms with Crippen LogP contribution in [0.4, 0.5) is 5.82 Å². The zero-order chi connectivity index (χ0) is 20.0. The van der Waals surface area contributed by atoms with Gasteiger partial charge in [0.05, 0.1) is 30.1 Å². The first-order chi connectivity index (χ1) is 14.1. The molecule has 0 fully saturated rings. The number of pyridine rings is 1. The molecule has 0 saturated carbocycles. The van der Waals surface area contributed by atoms with E-state index >= 15 is 0 Å². The summed E-state index contributed by atoms with van der Waals surface area (Å²) < 4.78 is 7.59. The summed E-state index contributed by atoms with van der Waals surface area (Å²) >= 11 is 1.68. The summed E-state index contributed by atoms with van der Waals surface area (Å²) in [5, 5.41) is 5.42. The minimum absolute atomic E-state index is 0.363. The summed E-state index contributed by atoms with van der Waals surface area (Å²) in [5.74, 6) is 1.38. The standard InChI is InChI=1S/C20H18N6O2S/c1-11-15(26-7-2-5-13(17(21)27)20(26)23-11)18-24-14-6-8-28-16(14)19(25-18)22-10-12-4-3-9-29-12/h2-5,7,9H,6,8,10H2,1H3,(H2,21,27)(H,22,24,25). The number of carbonyl (C=O) groups is 1. The van der Waals surface area contributed by atoms with Crippen LogP contribution >= 0.6 is 11.3 Å². The Morgan fingerprint density at radius 2 is 2.21 bits per heavy atom. The van der Waals surface area contributed by atoms with Crippen LogP contribution in [0.5, 0.6) is 5.75 Å². The van der Waals surface area contributed by atoms with Crippen LogP contribution in [0.25, 0.3) is 17.2 Å². The molecule has 4 aromatic rings. The second-order valence-corrected chi connectivity index (χ2v) is 7.76. The van der Waals surface area contributed by atoms with Gasteiger partial charge in [-0.15, -0.1) is 11.3 Å². The molecule has 0 atom stereocenters. The molecule has 0 saturated heterocycles. The third-order valence-corrected chi connectivity index (χ3v) is 5.71. The molecule has 0 bridgehead atoms. The molecule has 0 unspecified atom stereocenters. The molecule has 0 aliphatic carbocycles. The van der Waals surface area contributed by atoms with E-state index in [1.807, 2.05) is 29.0 Å². The first-order valence-corrected chi connectivity index (χ1v) is 10.1. The lowest BCUT2D eigenvalue weighted by Crippen LogP contribution is -2.12. The van der Waals surface area contributed by atoms with Crippen LogP contribution in [0.2, 0.25) is 0 Å². The summed E-state index contributed by atoms with van der Waals surface area (Å²) in [6.45, 7) is 3.11. The average molecular weight is 406 g/mol. The molecule has 0 aromatic carbocycles. The van der Waals surface area contributed by atoms with Gasteiger partial charge in [-0.1, -0.05) is 6.07 Å². The van der Waals surface area contributed by atoms with Gasteiger partial charge in [0.15, 0.2) is 17.4 Å². The normalized spacial score (nSPS) is 12.7. The van der Waals surface area contributed by atoms with Gasteiger partial charge in [-0.25, -0.2) is 15.0 Å². The number of nitrogens with zero attached hydrogens (tertiary/aromatic N) is 4. The molecule has 29 heavy (non-hydrogen) atoms. The number of nitrogens with one attached hydrogen (secondary N) is 1. The first-order valence-electron chi connectivity index (χ1n) is 9.19. The van der Waals surface area contributed by atoms with E-state index in [1.54, 1.807) is 23.5 Å². The van der Waals surface area contributed by atoms with Crippen LogP contribution in [0.1, 0.15) is 26.6 Å². The van der Waals surface area contributed by atoms with Gasteiger partial charge in [0.25, 0.3) is 5.91 Å². The molecule has 0 spiro atoms. The fraction of sp³-hybridized carbons (Fsp3) is 0.200. The molecule has 8 nitrogen and oxygen atoms in total. The molecular formula is C20H18N6O2S. The zero-order valence-electron chi connectivity index (χ0n) is 15.7. The van der Waals surface area contributed by atoms with Crippen molar-refractivity contribution in [3.8, 4) is 17.3 Å². The van der Waals surface area contributed by atoms with Crippen molar-refractivity contribution in [2.24, 2.45) is 5.73 Å². The number of thiophene rings is 1. The van der Waals surface area contributed by atoms with E-state index in [0.717, 1.165) is 23.5 Å². The van der Waals surface area contributed by atoms with E-state index in [4.69, 9.17) is 20.4 Å². The molecule has 9 heteroatoms. The molecule has 5 rings (SSSR count). The molecule has 146 valence electrons. The third kappa shape index (κ3) is 2.99. The highest BCUT2D eigenvalue weighted by atomic mass is 32.1. The van der Waals surface area contributed by atoms with E-state index in [9.17, 15) is 4.79 Å². The van der Waals surface area contributed by atoms with Crippen molar-refractivity contribution in [1.82, 2.24) is 19.4 Å². The second kappa shape index (κ2) is 6.85. The van der Waals surface area contributed by atoms with Gasteiger partial charge in [-0.3, -0.25) is 9.20 Å². The number of fused-ring (bicyclic) bond motifs is 2. The molecule has 3 N–H and O–H groups in total. The maximum atomic E-state index is 11.8. The molecular weight excluding hydrogens is 388 g/mol. The highest BCUT2D eigenvalue weighted by Gasteiger charge is 2.24. The maximum Gasteiger partial charge on any atom is 0.252 e. The number of amides is 1. The molecule has 5 heterocycles. The summed E-state index contributed by atoms with van der Waals surface area (Å²) in [6.07, 6.45) is 2.56. The number of hydrogen-bond donors (Lipinski definition) is 2.